The van der Waals surface area contributed by atoms with E-state index in [-0.39, 0.29) is 0 Å². The Bertz CT molecular complexity index is 457. The van der Waals surface area contributed by atoms with Gasteiger partial charge in [-0.2, -0.15) is 0 Å². The highest BCUT2D eigenvalue weighted by molar-refractivity contribution is 5.92. The molecule has 0 aromatic heterocycles. The maximum absolute atomic E-state index is 11.0. The number of primary amides is 1. The van der Waals surface area contributed by atoms with Crippen molar-refractivity contribution in [3.63, 3.8) is 0 Å². The van der Waals surface area contributed by atoms with Crippen LogP contribution in [0.25, 0.3) is 0 Å². The first-order valence-corrected chi connectivity index (χ1v) is 7.08. The van der Waals surface area contributed by atoms with Gasteiger partial charge in [0.1, 0.15) is 0 Å². The number of ether oxygens (including phenoxy) is 1. The molecule has 4 N–H and O–H groups in total. The number of aliphatic imine (C=N–C) groups is 1. The van der Waals surface area contributed by atoms with E-state index in [0.717, 1.165) is 37.7 Å². The second-order valence-corrected chi connectivity index (χ2v) is 4.46. The van der Waals surface area contributed by atoms with Gasteiger partial charge in [-0.15, -0.1) is 0 Å². The molecular formula is C15H24N4O2. The number of carbonyl (C=O) groups excluding carboxylic acids is 1. The average Bonchev–Trinajstić information content (AvgIpc) is 2.50. The molecule has 0 aliphatic heterocycles. The quantitative estimate of drug-likeness (QED) is 0.377. The number of rotatable bonds is 8. The summed E-state index contributed by atoms with van der Waals surface area (Å²) < 4.78 is 5.27. The van der Waals surface area contributed by atoms with Gasteiger partial charge in [0.25, 0.3) is 0 Å². The van der Waals surface area contributed by atoms with Crippen LogP contribution in [0, 0.1) is 0 Å². The van der Waals surface area contributed by atoms with E-state index in [0.29, 0.717) is 12.1 Å². The SMILES string of the molecule is CCOCCCNC(=NC)NCc1ccc(C(N)=O)cc1. The number of nitrogens with zero attached hydrogens (tertiary/aromatic N) is 1. The van der Waals surface area contributed by atoms with Gasteiger partial charge in [-0.05, 0) is 31.0 Å². The van der Waals surface area contributed by atoms with Crippen molar-refractivity contribution < 1.29 is 9.53 Å². The maximum atomic E-state index is 11.0. The number of hydrogen-bond acceptors (Lipinski definition) is 3. The highest BCUT2D eigenvalue weighted by Gasteiger charge is 2.01. The summed E-state index contributed by atoms with van der Waals surface area (Å²) in [4.78, 5) is 15.1. The topological polar surface area (TPSA) is 88.7 Å². The molecule has 1 aromatic carbocycles. The molecule has 1 rings (SSSR count). The summed E-state index contributed by atoms with van der Waals surface area (Å²) in [7, 11) is 1.73. The summed E-state index contributed by atoms with van der Waals surface area (Å²) in [5, 5.41) is 6.42. The van der Waals surface area contributed by atoms with E-state index in [9.17, 15) is 4.79 Å². The normalized spacial score (nSPS) is 11.2. The molecule has 0 spiro atoms. The maximum Gasteiger partial charge on any atom is 0.248 e. The van der Waals surface area contributed by atoms with Gasteiger partial charge in [0.05, 0.1) is 0 Å². The molecule has 6 nitrogen and oxygen atoms in total. The second-order valence-electron chi connectivity index (χ2n) is 4.46. The van der Waals surface area contributed by atoms with E-state index in [2.05, 4.69) is 15.6 Å². The lowest BCUT2D eigenvalue weighted by Crippen LogP contribution is -2.37. The van der Waals surface area contributed by atoms with Crippen LogP contribution in [0.2, 0.25) is 0 Å². The fourth-order valence-corrected chi connectivity index (χ4v) is 1.72. The van der Waals surface area contributed by atoms with E-state index in [1.807, 2.05) is 19.1 Å². The molecule has 0 radical (unpaired) electrons. The Hall–Kier alpha value is -2.08. The molecule has 0 unspecified atom stereocenters. The third kappa shape index (κ3) is 6.76. The molecule has 21 heavy (non-hydrogen) atoms. The van der Waals surface area contributed by atoms with Crippen LogP contribution in [0.1, 0.15) is 29.3 Å². The predicted octanol–water partition coefficient (Wildman–Crippen LogP) is 0.877. The zero-order valence-corrected chi connectivity index (χ0v) is 12.7. The number of nitrogens with two attached hydrogens (primary N) is 1. The van der Waals surface area contributed by atoms with E-state index in [4.69, 9.17) is 10.5 Å². The summed E-state index contributed by atoms with van der Waals surface area (Å²) in [5.74, 6) is 0.326. The zero-order valence-electron chi connectivity index (χ0n) is 12.7. The molecule has 116 valence electrons. The van der Waals surface area contributed by atoms with E-state index < -0.39 is 5.91 Å². The molecule has 1 aromatic rings. The largest absolute Gasteiger partial charge is 0.382 e. The van der Waals surface area contributed by atoms with Crippen molar-refractivity contribution >= 4 is 11.9 Å². The molecule has 0 saturated heterocycles. The number of benzene rings is 1. The van der Waals surface area contributed by atoms with Crippen LogP contribution in [-0.4, -0.2) is 38.7 Å². The molecule has 0 atom stereocenters. The van der Waals surface area contributed by atoms with E-state index in [1.54, 1.807) is 19.2 Å². The Labute approximate surface area is 125 Å². The van der Waals surface area contributed by atoms with Crippen molar-refractivity contribution in [1.29, 1.82) is 0 Å². The fourth-order valence-electron chi connectivity index (χ4n) is 1.72. The van der Waals surface area contributed by atoms with Gasteiger partial charge >= 0.3 is 0 Å². The lowest BCUT2D eigenvalue weighted by molar-refractivity contribution is 0.100. The fraction of sp³-hybridized carbons (Fsp3) is 0.467. The zero-order chi connectivity index (χ0) is 15.5. The van der Waals surface area contributed by atoms with Gasteiger partial charge in [0.2, 0.25) is 5.91 Å². The second kappa shape index (κ2) is 9.77. The lowest BCUT2D eigenvalue weighted by Gasteiger charge is -2.12. The Kier molecular flexibility index (Phi) is 7.89. The van der Waals surface area contributed by atoms with Crippen molar-refractivity contribution in [3.05, 3.63) is 35.4 Å². The Morgan fingerprint density at radius 3 is 2.57 bits per heavy atom. The Balaban J connectivity index is 2.32. The number of guanidine groups is 1. The number of amides is 1. The lowest BCUT2D eigenvalue weighted by atomic mass is 10.1. The summed E-state index contributed by atoms with van der Waals surface area (Å²) in [6.45, 7) is 4.91. The van der Waals surface area contributed by atoms with Crippen molar-refractivity contribution in [2.45, 2.75) is 19.9 Å². The van der Waals surface area contributed by atoms with Crippen LogP contribution in [0.5, 0.6) is 0 Å². The van der Waals surface area contributed by atoms with Crippen LogP contribution in [0.3, 0.4) is 0 Å². The van der Waals surface area contributed by atoms with Crippen LogP contribution >= 0.6 is 0 Å². The molecule has 0 bridgehead atoms. The molecule has 0 heterocycles. The monoisotopic (exact) mass is 292 g/mol. The summed E-state index contributed by atoms with van der Waals surface area (Å²) in [6, 6.07) is 7.18. The van der Waals surface area contributed by atoms with Gasteiger partial charge in [-0.3, -0.25) is 9.79 Å². The Morgan fingerprint density at radius 2 is 2.00 bits per heavy atom. The molecule has 1 amide bonds. The first-order valence-electron chi connectivity index (χ1n) is 7.08. The summed E-state index contributed by atoms with van der Waals surface area (Å²) in [6.07, 6.45) is 0.932. The molecule has 0 aliphatic rings. The van der Waals surface area contributed by atoms with Gasteiger partial charge in [-0.1, -0.05) is 12.1 Å². The van der Waals surface area contributed by atoms with Crippen molar-refractivity contribution in [2.75, 3.05) is 26.8 Å². The minimum Gasteiger partial charge on any atom is -0.382 e. The van der Waals surface area contributed by atoms with Crippen molar-refractivity contribution in [3.8, 4) is 0 Å². The summed E-state index contributed by atoms with van der Waals surface area (Å²) >= 11 is 0. The molecule has 0 saturated carbocycles. The van der Waals surface area contributed by atoms with Crippen LogP contribution in [0.15, 0.2) is 29.3 Å². The van der Waals surface area contributed by atoms with Gasteiger partial charge < -0.3 is 21.1 Å². The predicted molar refractivity (Wildman–Crippen MR) is 84.3 cm³/mol. The molecule has 0 aliphatic carbocycles. The first-order chi connectivity index (χ1) is 10.2. The van der Waals surface area contributed by atoms with E-state index >= 15 is 0 Å². The van der Waals surface area contributed by atoms with Crippen LogP contribution in [-0.2, 0) is 11.3 Å². The van der Waals surface area contributed by atoms with Crippen molar-refractivity contribution in [2.24, 2.45) is 10.7 Å². The smallest absolute Gasteiger partial charge is 0.248 e. The highest BCUT2D eigenvalue weighted by atomic mass is 16.5. The first kappa shape index (κ1) is 17.0. The van der Waals surface area contributed by atoms with Crippen molar-refractivity contribution in [1.82, 2.24) is 10.6 Å². The van der Waals surface area contributed by atoms with E-state index in [1.165, 1.54) is 0 Å². The Morgan fingerprint density at radius 1 is 1.29 bits per heavy atom. The van der Waals surface area contributed by atoms with Gasteiger partial charge in [-0.25, -0.2) is 0 Å². The molecular weight excluding hydrogens is 268 g/mol. The number of hydrogen-bond donors (Lipinski definition) is 3. The third-order valence-corrected chi connectivity index (χ3v) is 2.88. The highest BCUT2D eigenvalue weighted by Crippen LogP contribution is 2.03. The molecule has 6 heteroatoms. The number of carbonyl (C=O) groups is 1. The third-order valence-electron chi connectivity index (χ3n) is 2.88. The van der Waals surface area contributed by atoms with Gasteiger partial charge in [0, 0.05) is 38.9 Å². The number of nitrogens with one attached hydrogen (secondary N) is 2. The summed E-state index contributed by atoms with van der Waals surface area (Å²) in [5.41, 5.74) is 6.77. The average molecular weight is 292 g/mol. The minimum absolute atomic E-state index is 0.415. The van der Waals surface area contributed by atoms with Crippen LogP contribution in [0.4, 0.5) is 0 Å². The van der Waals surface area contributed by atoms with Gasteiger partial charge in [0.15, 0.2) is 5.96 Å². The minimum atomic E-state index is -0.415. The van der Waals surface area contributed by atoms with Crippen LogP contribution < -0.4 is 16.4 Å². The molecule has 0 fully saturated rings. The standard InChI is InChI=1S/C15H24N4O2/c1-3-21-10-4-9-18-15(17-2)19-11-12-5-7-13(8-6-12)14(16)20/h5-8H,3-4,9-11H2,1-2H3,(H2,16,20)(H2,17,18,19).